The number of carbonyl (C=O) groups is 1. The highest BCUT2D eigenvalue weighted by Gasteiger charge is 2.49. The van der Waals surface area contributed by atoms with E-state index in [-0.39, 0.29) is 25.7 Å². The number of methoxy groups -OCH3 is 2. The molecule has 16 heavy (non-hydrogen) atoms. The van der Waals surface area contributed by atoms with Crippen molar-refractivity contribution in [3.8, 4) is 0 Å². The summed E-state index contributed by atoms with van der Waals surface area (Å²) in [5.41, 5.74) is 0. The normalized spacial score (nSPS) is 36.4. The maximum Gasteiger partial charge on any atom is 0.508 e. The molecule has 0 aromatic carbocycles. The first-order chi connectivity index (χ1) is 7.26. The van der Waals surface area contributed by atoms with Crippen molar-refractivity contribution in [2.75, 3.05) is 27.4 Å². The Morgan fingerprint density at radius 2 is 1.69 bits per heavy atom. The van der Waals surface area contributed by atoms with E-state index in [4.69, 9.17) is 18.9 Å². The van der Waals surface area contributed by atoms with Crippen molar-refractivity contribution in [3.63, 3.8) is 0 Å². The summed E-state index contributed by atoms with van der Waals surface area (Å²) in [4.78, 5) is 10.9. The van der Waals surface area contributed by atoms with Gasteiger partial charge in [0, 0.05) is 7.11 Å². The third-order valence-corrected chi connectivity index (χ3v) is 2.68. The second-order valence-corrected chi connectivity index (χ2v) is 3.48. The van der Waals surface area contributed by atoms with Gasteiger partial charge in [-0.25, -0.2) is 4.79 Å². The number of fused-ring (bicyclic) bond motifs is 1. The molecule has 2 unspecified atom stereocenters. The second kappa shape index (κ2) is 5.47. The van der Waals surface area contributed by atoms with Gasteiger partial charge in [-0.05, 0) is 0 Å². The van der Waals surface area contributed by atoms with Gasteiger partial charge < -0.3 is 23.7 Å². The third kappa shape index (κ3) is 2.28. The largest absolute Gasteiger partial charge is 0.508 e. The molecule has 4 atom stereocenters. The average Bonchev–Trinajstić information content (AvgIpc) is 2.80. The first kappa shape index (κ1) is 13.2. The molecule has 0 bridgehead atoms. The standard InChI is InChI=1S/C9H14O6.CH4/c1-11-5-3-13-8-6(4-14-7(5)8)15-9(10)12-2;/h5-8H,3-4H2,1-2H3;1H4/t5?,6?,7-,8-;/m1./s1. The van der Waals surface area contributed by atoms with Gasteiger partial charge in [-0.15, -0.1) is 0 Å². The van der Waals surface area contributed by atoms with E-state index in [0.29, 0.717) is 13.2 Å². The van der Waals surface area contributed by atoms with Crippen LogP contribution < -0.4 is 0 Å². The van der Waals surface area contributed by atoms with Gasteiger partial charge in [0.15, 0.2) is 6.10 Å². The van der Waals surface area contributed by atoms with Crippen LogP contribution >= 0.6 is 0 Å². The Kier molecular flexibility index (Phi) is 4.52. The fourth-order valence-electron chi connectivity index (χ4n) is 1.90. The Morgan fingerprint density at radius 1 is 1.12 bits per heavy atom. The van der Waals surface area contributed by atoms with Gasteiger partial charge in [0.25, 0.3) is 0 Å². The van der Waals surface area contributed by atoms with Crippen molar-refractivity contribution >= 4 is 6.16 Å². The fraction of sp³-hybridized carbons (Fsp3) is 0.900. The Labute approximate surface area is 94.7 Å². The molecular formula is C10H18O6. The van der Waals surface area contributed by atoms with Gasteiger partial charge >= 0.3 is 6.16 Å². The van der Waals surface area contributed by atoms with E-state index >= 15 is 0 Å². The minimum absolute atomic E-state index is 0. The summed E-state index contributed by atoms with van der Waals surface area (Å²) in [5.74, 6) is 0. The van der Waals surface area contributed by atoms with Gasteiger partial charge in [0.05, 0.1) is 20.3 Å². The van der Waals surface area contributed by atoms with Crippen LogP contribution in [0, 0.1) is 0 Å². The van der Waals surface area contributed by atoms with Crippen LogP contribution in [0.2, 0.25) is 0 Å². The van der Waals surface area contributed by atoms with E-state index in [1.807, 2.05) is 0 Å². The third-order valence-electron chi connectivity index (χ3n) is 2.68. The molecule has 0 amide bonds. The number of hydrogen-bond donors (Lipinski definition) is 0. The van der Waals surface area contributed by atoms with E-state index in [1.54, 1.807) is 7.11 Å². The second-order valence-electron chi connectivity index (χ2n) is 3.48. The zero-order valence-electron chi connectivity index (χ0n) is 8.67. The van der Waals surface area contributed by atoms with Gasteiger partial charge in [0.2, 0.25) is 0 Å². The van der Waals surface area contributed by atoms with Crippen LogP contribution in [0.15, 0.2) is 0 Å². The minimum atomic E-state index is -0.714. The maximum absolute atomic E-state index is 10.9. The van der Waals surface area contributed by atoms with E-state index in [1.165, 1.54) is 7.11 Å². The molecule has 0 radical (unpaired) electrons. The number of hydrogen-bond acceptors (Lipinski definition) is 6. The van der Waals surface area contributed by atoms with Crippen molar-refractivity contribution in [1.82, 2.24) is 0 Å². The molecule has 2 rings (SSSR count). The van der Waals surface area contributed by atoms with Gasteiger partial charge in [0.1, 0.15) is 18.3 Å². The summed E-state index contributed by atoms with van der Waals surface area (Å²) in [5, 5.41) is 0. The SMILES string of the molecule is C.COC(=O)OC1CO[C@@H]2C(OC)CO[C@H]12. The first-order valence-electron chi connectivity index (χ1n) is 4.77. The molecule has 0 spiro atoms. The summed E-state index contributed by atoms with van der Waals surface area (Å²) in [6.07, 6.45) is -1.59. The summed E-state index contributed by atoms with van der Waals surface area (Å²) < 4.78 is 25.5. The lowest BCUT2D eigenvalue weighted by molar-refractivity contribution is -0.0328. The van der Waals surface area contributed by atoms with Crippen LogP contribution in [0.4, 0.5) is 4.79 Å². The number of ether oxygens (including phenoxy) is 5. The van der Waals surface area contributed by atoms with E-state index < -0.39 is 12.3 Å². The van der Waals surface area contributed by atoms with Crippen LogP contribution in [0.5, 0.6) is 0 Å². The first-order valence-corrected chi connectivity index (χ1v) is 4.77. The lowest BCUT2D eigenvalue weighted by Gasteiger charge is -2.15. The van der Waals surface area contributed by atoms with Crippen LogP contribution in [0.25, 0.3) is 0 Å². The van der Waals surface area contributed by atoms with Gasteiger partial charge in [-0.2, -0.15) is 0 Å². The Hall–Kier alpha value is -0.850. The molecule has 6 nitrogen and oxygen atoms in total. The summed E-state index contributed by atoms with van der Waals surface area (Å²) in [7, 11) is 2.87. The van der Waals surface area contributed by atoms with Crippen LogP contribution in [0.1, 0.15) is 7.43 Å². The van der Waals surface area contributed by atoms with Gasteiger partial charge in [-0.1, -0.05) is 7.43 Å². The quantitative estimate of drug-likeness (QED) is 0.651. The molecule has 6 heteroatoms. The van der Waals surface area contributed by atoms with E-state index in [0.717, 1.165) is 0 Å². The minimum Gasteiger partial charge on any atom is -0.438 e. The smallest absolute Gasteiger partial charge is 0.438 e. The predicted molar refractivity (Wildman–Crippen MR) is 54.3 cm³/mol. The fourth-order valence-corrected chi connectivity index (χ4v) is 1.90. The summed E-state index contributed by atoms with van der Waals surface area (Å²) in [6.45, 7) is 0.789. The van der Waals surface area contributed by atoms with E-state index in [9.17, 15) is 4.79 Å². The molecule has 2 aliphatic heterocycles. The maximum atomic E-state index is 10.9. The summed E-state index contributed by atoms with van der Waals surface area (Å²) >= 11 is 0. The molecule has 2 fully saturated rings. The lowest BCUT2D eigenvalue weighted by atomic mass is 10.1. The monoisotopic (exact) mass is 234 g/mol. The Morgan fingerprint density at radius 3 is 2.25 bits per heavy atom. The molecular weight excluding hydrogens is 216 g/mol. The lowest BCUT2D eigenvalue weighted by Crippen LogP contribution is -2.34. The highest BCUT2D eigenvalue weighted by atomic mass is 16.7. The molecule has 2 saturated heterocycles. The average molecular weight is 234 g/mol. The van der Waals surface area contributed by atoms with Gasteiger partial charge in [-0.3, -0.25) is 0 Å². The molecule has 0 saturated carbocycles. The molecule has 0 N–H and O–H groups in total. The van der Waals surface area contributed by atoms with Crippen molar-refractivity contribution in [2.45, 2.75) is 31.8 Å². The molecule has 2 heterocycles. The topological polar surface area (TPSA) is 63.2 Å². The van der Waals surface area contributed by atoms with Crippen molar-refractivity contribution in [3.05, 3.63) is 0 Å². The van der Waals surface area contributed by atoms with Crippen molar-refractivity contribution < 1.29 is 28.5 Å². The molecule has 94 valence electrons. The molecule has 0 aromatic heterocycles. The molecule has 2 aliphatic rings. The zero-order valence-corrected chi connectivity index (χ0v) is 8.67. The Balaban J connectivity index is 0.00000128. The highest BCUT2D eigenvalue weighted by molar-refractivity contribution is 5.60. The highest BCUT2D eigenvalue weighted by Crippen LogP contribution is 2.30. The molecule has 0 aromatic rings. The van der Waals surface area contributed by atoms with Crippen molar-refractivity contribution in [1.29, 1.82) is 0 Å². The van der Waals surface area contributed by atoms with Crippen LogP contribution in [-0.2, 0) is 23.7 Å². The number of carbonyl (C=O) groups excluding carboxylic acids is 1. The van der Waals surface area contributed by atoms with Crippen LogP contribution in [-0.4, -0.2) is 58.0 Å². The number of rotatable bonds is 2. The van der Waals surface area contributed by atoms with E-state index in [2.05, 4.69) is 4.74 Å². The summed E-state index contributed by atoms with van der Waals surface area (Å²) in [6, 6.07) is 0. The van der Waals surface area contributed by atoms with Crippen molar-refractivity contribution in [2.24, 2.45) is 0 Å². The molecule has 0 aliphatic carbocycles. The zero-order chi connectivity index (χ0) is 10.8. The predicted octanol–water partition coefficient (Wildman–Crippen LogP) is 0.587. The van der Waals surface area contributed by atoms with Crippen LogP contribution in [0.3, 0.4) is 0 Å². The Bertz CT molecular complexity index is 243.